The van der Waals surface area contributed by atoms with E-state index in [2.05, 4.69) is 26.1 Å². The Labute approximate surface area is 116 Å². The molecule has 0 aliphatic carbocycles. The van der Waals surface area contributed by atoms with E-state index in [0.29, 0.717) is 13.0 Å². The van der Waals surface area contributed by atoms with E-state index in [1.807, 2.05) is 31.2 Å². The van der Waals surface area contributed by atoms with E-state index in [4.69, 9.17) is 4.74 Å². The molecule has 0 fully saturated rings. The van der Waals surface area contributed by atoms with Crippen LogP contribution in [0.3, 0.4) is 0 Å². The minimum atomic E-state index is -0.141. The molecule has 0 heterocycles. The van der Waals surface area contributed by atoms with Crippen LogP contribution in [0.25, 0.3) is 0 Å². The highest BCUT2D eigenvalue weighted by atomic mass is 16.5. The van der Waals surface area contributed by atoms with Gasteiger partial charge in [-0.2, -0.15) is 0 Å². The molecule has 3 nitrogen and oxygen atoms in total. The normalized spacial score (nSPS) is 13.1. The standard InChI is InChI=1S/C16H25NO2/c1-6-19-14-9-7-13(8-10-14)11-15(12(2)18)17-16(3,4)5/h7-10,15,17H,6,11H2,1-5H3/t15-/m1/s1. The molecule has 0 amide bonds. The van der Waals surface area contributed by atoms with Gasteiger partial charge < -0.3 is 10.1 Å². The minimum absolute atomic E-state index is 0.0679. The van der Waals surface area contributed by atoms with E-state index in [-0.39, 0.29) is 17.4 Å². The van der Waals surface area contributed by atoms with Crippen molar-refractivity contribution in [2.45, 2.75) is 52.6 Å². The van der Waals surface area contributed by atoms with Crippen molar-refractivity contribution in [3.63, 3.8) is 0 Å². The van der Waals surface area contributed by atoms with Crippen LogP contribution in [0, 0.1) is 0 Å². The number of nitrogens with one attached hydrogen (secondary N) is 1. The first kappa shape index (κ1) is 15.7. The fraction of sp³-hybridized carbons (Fsp3) is 0.562. The van der Waals surface area contributed by atoms with Gasteiger partial charge in [0.25, 0.3) is 0 Å². The number of ketones is 1. The van der Waals surface area contributed by atoms with Gasteiger partial charge in [-0.3, -0.25) is 4.79 Å². The summed E-state index contributed by atoms with van der Waals surface area (Å²) < 4.78 is 5.41. The predicted molar refractivity (Wildman–Crippen MR) is 78.7 cm³/mol. The Balaban J connectivity index is 2.71. The van der Waals surface area contributed by atoms with Crippen LogP contribution in [-0.2, 0) is 11.2 Å². The SMILES string of the molecule is CCOc1ccc(C[C@@H](NC(C)(C)C)C(C)=O)cc1. The second kappa shape index (κ2) is 6.71. The summed E-state index contributed by atoms with van der Waals surface area (Å²) in [4.78, 5) is 11.7. The lowest BCUT2D eigenvalue weighted by Gasteiger charge is -2.27. The van der Waals surface area contributed by atoms with Gasteiger partial charge in [-0.1, -0.05) is 12.1 Å². The summed E-state index contributed by atoms with van der Waals surface area (Å²) in [6.07, 6.45) is 0.707. The predicted octanol–water partition coefficient (Wildman–Crippen LogP) is 2.97. The highest BCUT2D eigenvalue weighted by Gasteiger charge is 2.21. The summed E-state index contributed by atoms with van der Waals surface area (Å²) in [7, 11) is 0. The van der Waals surface area contributed by atoms with Crippen molar-refractivity contribution < 1.29 is 9.53 Å². The average Bonchev–Trinajstić information content (AvgIpc) is 2.29. The Hall–Kier alpha value is -1.35. The third kappa shape index (κ3) is 5.88. The number of benzene rings is 1. The van der Waals surface area contributed by atoms with Gasteiger partial charge in [-0.25, -0.2) is 0 Å². The third-order valence-electron chi connectivity index (χ3n) is 2.77. The number of Topliss-reactive ketones (excluding diaryl/α,β-unsaturated/α-hetero) is 1. The van der Waals surface area contributed by atoms with Crippen molar-refractivity contribution in [3.8, 4) is 5.75 Å². The molecule has 1 aromatic carbocycles. The molecule has 0 radical (unpaired) electrons. The summed E-state index contributed by atoms with van der Waals surface area (Å²) in [6.45, 7) is 10.5. The van der Waals surface area contributed by atoms with Crippen LogP contribution in [0.4, 0.5) is 0 Å². The molecule has 3 heteroatoms. The lowest BCUT2D eigenvalue weighted by molar-refractivity contribution is -0.119. The van der Waals surface area contributed by atoms with Crippen LogP contribution < -0.4 is 10.1 Å². The first-order valence-corrected chi connectivity index (χ1v) is 6.81. The zero-order valence-electron chi connectivity index (χ0n) is 12.6. The molecule has 0 saturated heterocycles. The van der Waals surface area contributed by atoms with E-state index >= 15 is 0 Å². The highest BCUT2D eigenvalue weighted by Crippen LogP contribution is 2.14. The Bertz CT molecular complexity index is 404. The molecular weight excluding hydrogens is 238 g/mol. The number of ether oxygens (including phenoxy) is 1. The van der Waals surface area contributed by atoms with Crippen LogP contribution in [0.15, 0.2) is 24.3 Å². The smallest absolute Gasteiger partial charge is 0.147 e. The minimum Gasteiger partial charge on any atom is -0.494 e. The monoisotopic (exact) mass is 263 g/mol. The van der Waals surface area contributed by atoms with Gasteiger partial charge in [0, 0.05) is 5.54 Å². The number of hydrogen-bond donors (Lipinski definition) is 1. The van der Waals surface area contributed by atoms with E-state index < -0.39 is 0 Å². The quantitative estimate of drug-likeness (QED) is 0.857. The van der Waals surface area contributed by atoms with Gasteiger partial charge >= 0.3 is 0 Å². The number of rotatable bonds is 6. The van der Waals surface area contributed by atoms with Crippen molar-refractivity contribution in [2.24, 2.45) is 0 Å². The molecule has 0 aromatic heterocycles. The Morgan fingerprint density at radius 3 is 2.26 bits per heavy atom. The lowest BCUT2D eigenvalue weighted by atomic mass is 9.99. The fourth-order valence-electron chi connectivity index (χ4n) is 1.94. The topological polar surface area (TPSA) is 38.3 Å². The van der Waals surface area contributed by atoms with Gasteiger partial charge in [0.05, 0.1) is 12.6 Å². The third-order valence-corrected chi connectivity index (χ3v) is 2.77. The van der Waals surface area contributed by atoms with Gasteiger partial charge in [-0.15, -0.1) is 0 Å². The summed E-state index contributed by atoms with van der Waals surface area (Å²) >= 11 is 0. The Morgan fingerprint density at radius 1 is 1.26 bits per heavy atom. The molecule has 106 valence electrons. The first-order chi connectivity index (χ1) is 8.81. The van der Waals surface area contributed by atoms with E-state index in [9.17, 15) is 4.79 Å². The summed E-state index contributed by atoms with van der Waals surface area (Å²) in [5.74, 6) is 1.04. The molecule has 0 unspecified atom stereocenters. The molecular formula is C16H25NO2. The van der Waals surface area contributed by atoms with Crippen LogP contribution in [-0.4, -0.2) is 24.0 Å². The van der Waals surface area contributed by atoms with Gasteiger partial charge in [0.2, 0.25) is 0 Å². The molecule has 19 heavy (non-hydrogen) atoms. The molecule has 1 atom stereocenters. The second-order valence-electron chi connectivity index (χ2n) is 5.84. The summed E-state index contributed by atoms with van der Waals surface area (Å²) in [5.41, 5.74) is 1.07. The maximum atomic E-state index is 11.7. The number of carbonyl (C=O) groups excluding carboxylic acids is 1. The molecule has 0 aliphatic rings. The summed E-state index contributed by atoms with van der Waals surface area (Å²) in [6, 6.07) is 7.80. The van der Waals surface area contributed by atoms with E-state index in [0.717, 1.165) is 11.3 Å². The average molecular weight is 263 g/mol. The number of carbonyl (C=O) groups is 1. The lowest BCUT2D eigenvalue weighted by Crippen LogP contribution is -2.48. The zero-order chi connectivity index (χ0) is 14.5. The maximum absolute atomic E-state index is 11.7. The highest BCUT2D eigenvalue weighted by molar-refractivity contribution is 5.81. The van der Waals surface area contributed by atoms with Crippen LogP contribution in [0.1, 0.15) is 40.2 Å². The fourth-order valence-corrected chi connectivity index (χ4v) is 1.94. The van der Waals surface area contributed by atoms with Crippen molar-refractivity contribution in [1.82, 2.24) is 5.32 Å². The van der Waals surface area contributed by atoms with Crippen molar-refractivity contribution in [3.05, 3.63) is 29.8 Å². The van der Waals surface area contributed by atoms with Gasteiger partial charge in [0.1, 0.15) is 11.5 Å². The summed E-state index contributed by atoms with van der Waals surface area (Å²) in [5, 5.41) is 3.36. The number of hydrogen-bond acceptors (Lipinski definition) is 3. The van der Waals surface area contributed by atoms with Crippen molar-refractivity contribution in [1.29, 1.82) is 0 Å². The first-order valence-electron chi connectivity index (χ1n) is 6.81. The Kier molecular flexibility index (Phi) is 5.55. The molecule has 0 saturated carbocycles. The van der Waals surface area contributed by atoms with Crippen LogP contribution >= 0.6 is 0 Å². The van der Waals surface area contributed by atoms with Gasteiger partial charge in [0.15, 0.2) is 0 Å². The zero-order valence-corrected chi connectivity index (χ0v) is 12.6. The van der Waals surface area contributed by atoms with Crippen molar-refractivity contribution >= 4 is 5.78 Å². The second-order valence-corrected chi connectivity index (χ2v) is 5.84. The van der Waals surface area contributed by atoms with Crippen LogP contribution in [0.5, 0.6) is 5.75 Å². The van der Waals surface area contributed by atoms with Crippen molar-refractivity contribution in [2.75, 3.05) is 6.61 Å². The van der Waals surface area contributed by atoms with E-state index in [1.54, 1.807) is 6.92 Å². The molecule has 1 aromatic rings. The molecule has 0 bridgehead atoms. The van der Waals surface area contributed by atoms with E-state index in [1.165, 1.54) is 0 Å². The van der Waals surface area contributed by atoms with Crippen LogP contribution in [0.2, 0.25) is 0 Å². The van der Waals surface area contributed by atoms with Gasteiger partial charge in [-0.05, 0) is 58.7 Å². The molecule has 1 rings (SSSR count). The largest absolute Gasteiger partial charge is 0.494 e. The maximum Gasteiger partial charge on any atom is 0.147 e. The Morgan fingerprint density at radius 2 is 1.84 bits per heavy atom. The molecule has 1 N–H and O–H groups in total. The molecule has 0 spiro atoms. The molecule has 0 aliphatic heterocycles.